The lowest BCUT2D eigenvalue weighted by molar-refractivity contribution is 0.101. The van der Waals surface area contributed by atoms with Crippen LogP contribution in [0, 0.1) is 6.92 Å². The monoisotopic (exact) mass is 189 g/mol. The van der Waals surface area contributed by atoms with E-state index in [0.29, 0.717) is 5.69 Å². The Labute approximate surface area is 84.3 Å². The number of rotatable bonds is 3. The van der Waals surface area contributed by atoms with E-state index < -0.39 is 0 Å². The molecule has 0 aromatic carbocycles. The minimum absolute atomic E-state index is 0.0632. The molecule has 0 aliphatic rings. The summed E-state index contributed by atoms with van der Waals surface area (Å²) in [5.74, 6) is 0.0632. The molecule has 0 fully saturated rings. The largest absolute Gasteiger partial charge is 0.352 e. The van der Waals surface area contributed by atoms with E-state index in [1.807, 2.05) is 26.0 Å². The fourth-order valence-corrected chi connectivity index (χ4v) is 1.46. The van der Waals surface area contributed by atoms with E-state index in [9.17, 15) is 4.79 Å². The van der Waals surface area contributed by atoms with E-state index in [4.69, 9.17) is 0 Å². The van der Waals surface area contributed by atoms with Crippen LogP contribution in [0.15, 0.2) is 24.8 Å². The van der Waals surface area contributed by atoms with Gasteiger partial charge in [-0.2, -0.15) is 0 Å². The highest BCUT2D eigenvalue weighted by Crippen LogP contribution is 2.18. The van der Waals surface area contributed by atoms with Crippen molar-refractivity contribution in [2.75, 3.05) is 0 Å². The Hall–Kier alpha value is -1.57. The molecule has 0 aliphatic carbocycles. The molecule has 0 saturated heterocycles. The molecule has 1 N–H and O–H groups in total. The minimum atomic E-state index is 0.0632. The molecule has 74 valence electrons. The summed E-state index contributed by atoms with van der Waals surface area (Å²) in [6.45, 7) is 9.15. The summed E-state index contributed by atoms with van der Waals surface area (Å²) in [7, 11) is 0. The van der Waals surface area contributed by atoms with Gasteiger partial charge >= 0.3 is 0 Å². The smallest absolute Gasteiger partial charge is 0.176 e. The number of aromatic nitrogens is 1. The number of hydrogen-bond donors (Lipinski definition) is 1. The van der Waals surface area contributed by atoms with Crippen molar-refractivity contribution >= 4 is 11.4 Å². The van der Waals surface area contributed by atoms with Crippen LogP contribution in [0.4, 0.5) is 0 Å². The topological polar surface area (TPSA) is 32.9 Å². The average molecular weight is 189 g/mol. The molecule has 0 aliphatic heterocycles. The summed E-state index contributed by atoms with van der Waals surface area (Å²) in [4.78, 5) is 14.3. The first-order valence-corrected chi connectivity index (χ1v) is 4.59. The minimum Gasteiger partial charge on any atom is -0.352 e. The first kappa shape index (κ1) is 10.5. The molecular formula is C12H15NO. The second-order valence-electron chi connectivity index (χ2n) is 3.25. The maximum atomic E-state index is 11.2. The van der Waals surface area contributed by atoms with Crippen LogP contribution in [0.5, 0.6) is 0 Å². The summed E-state index contributed by atoms with van der Waals surface area (Å²) in [5, 5.41) is 0. The van der Waals surface area contributed by atoms with Gasteiger partial charge in [-0.05, 0) is 31.1 Å². The van der Waals surface area contributed by atoms with E-state index in [2.05, 4.69) is 11.6 Å². The molecule has 0 atom stereocenters. The Morgan fingerprint density at radius 2 is 2.21 bits per heavy atom. The van der Waals surface area contributed by atoms with E-state index in [1.165, 1.54) is 0 Å². The number of hydrogen-bond acceptors (Lipinski definition) is 1. The maximum Gasteiger partial charge on any atom is 0.176 e. The number of carbonyl (C=O) groups is 1. The van der Waals surface area contributed by atoms with Crippen molar-refractivity contribution in [2.45, 2.75) is 20.8 Å². The van der Waals surface area contributed by atoms with Gasteiger partial charge < -0.3 is 4.98 Å². The molecule has 2 nitrogen and oxygen atoms in total. The standard InChI is InChI=1S/C12H15NO/c1-5-10(6-2)11-7-8(3)12(13-11)9(4)14/h5-7,13H,1H2,2-4H3/b10-6+. The number of nitrogens with one attached hydrogen (secondary N) is 1. The van der Waals surface area contributed by atoms with E-state index in [-0.39, 0.29) is 5.78 Å². The molecule has 0 radical (unpaired) electrons. The van der Waals surface area contributed by atoms with Crippen molar-refractivity contribution in [2.24, 2.45) is 0 Å². The predicted octanol–water partition coefficient (Wildman–Crippen LogP) is 3.12. The molecule has 1 aromatic rings. The van der Waals surface area contributed by atoms with Crippen LogP contribution in [0.1, 0.15) is 35.6 Å². The third kappa shape index (κ3) is 1.84. The fraction of sp³-hybridized carbons (Fsp3) is 0.250. The van der Waals surface area contributed by atoms with Gasteiger partial charge in [-0.25, -0.2) is 0 Å². The SMILES string of the molecule is C=C/C(=C\C)c1cc(C)c(C(C)=O)[nH]1. The van der Waals surface area contributed by atoms with Gasteiger partial charge in [-0.1, -0.05) is 18.7 Å². The van der Waals surface area contributed by atoms with Crippen molar-refractivity contribution in [1.29, 1.82) is 0 Å². The highest BCUT2D eigenvalue weighted by atomic mass is 16.1. The lowest BCUT2D eigenvalue weighted by Gasteiger charge is -1.96. The van der Waals surface area contributed by atoms with Crippen molar-refractivity contribution in [3.8, 4) is 0 Å². The zero-order chi connectivity index (χ0) is 10.7. The molecule has 0 amide bonds. The Morgan fingerprint density at radius 3 is 2.57 bits per heavy atom. The van der Waals surface area contributed by atoms with Crippen LogP contribution in [-0.4, -0.2) is 10.8 Å². The van der Waals surface area contributed by atoms with Gasteiger partial charge in [0.1, 0.15) is 0 Å². The van der Waals surface area contributed by atoms with E-state index >= 15 is 0 Å². The number of Topliss-reactive ketones (excluding diaryl/α,β-unsaturated/α-hetero) is 1. The quantitative estimate of drug-likeness (QED) is 0.575. The predicted molar refractivity (Wildman–Crippen MR) is 59.4 cm³/mol. The van der Waals surface area contributed by atoms with E-state index in [0.717, 1.165) is 16.8 Å². The van der Waals surface area contributed by atoms with Gasteiger partial charge in [-0.15, -0.1) is 0 Å². The van der Waals surface area contributed by atoms with Crippen molar-refractivity contribution in [3.63, 3.8) is 0 Å². The summed E-state index contributed by atoms with van der Waals surface area (Å²) >= 11 is 0. The Bertz CT molecular complexity index is 396. The van der Waals surface area contributed by atoms with Crippen LogP contribution in [0.3, 0.4) is 0 Å². The van der Waals surface area contributed by atoms with Gasteiger partial charge in [0.2, 0.25) is 0 Å². The van der Waals surface area contributed by atoms with Crippen LogP contribution in [0.2, 0.25) is 0 Å². The number of aryl methyl sites for hydroxylation is 1. The number of aromatic amines is 1. The first-order chi connectivity index (χ1) is 6.60. The first-order valence-electron chi connectivity index (χ1n) is 4.59. The molecular weight excluding hydrogens is 174 g/mol. The van der Waals surface area contributed by atoms with Crippen molar-refractivity contribution in [1.82, 2.24) is 4.98 Å². The maximum absolute atomic E-state index is 11.2. The highest BCUT2D eigenvalue weighted by Gasteiger charge is 2.09. The lowest BCUT2D eigenvalue weighted by Crippen LogP contribution is -1.94. The second-order valence-corrected chi connectivity index (χ2v) is 3.25. The van der Waals surface area contributed by atoms with Crippen molar-refractivity contribution < 1.29 is 4.79 Å². The highest BCUT2D eigenvalue weighted by molar-refractivity contribution is 5.94. The van der Waals surface area contributed by atoms with E-state index in [1.54, 1.807) is 13.0 Å². The Kier molecular flexibility index (Phi) is 3.07. The average Bonchev–Trinajstić information content (AvgIpc) is 2.50. The molecule has 0 unspecified atom stereocenters. The van der Waals surface area contributed by atoms with Crippen molar-refractivity contribution in [3.05, 3.63) is 41.7 Å². The molecule has 0 spiro atoms. The zero-order valence-electron chi connectivity index (χ0n) is 8.85. The Balaban J connectivity index is 3.20. The molecule has 1 rings (SSSR count). The number of carbonyl (C=O) groups excluding carboxylic acids is 1. The lowest BCUT2D eigenvalue weighted by atomic mass is 10.1. The number of allylic oxidation sites excluding steroid dienone is 3. The van der Waals surface area contributed by atoms with Gasteiger partial charge in [-0.3, -0.25) is 4.79 Å². The molecule has 14 heavy (non-hydrogen) atoms. The van der Waals surface area contributed by atoms with Crippen LogP contribution >= 0.6 is 0 Å². The van der Waals surface area contributed by atoms with Gasteiger partial charge in [0.05, 0.1) is 5.69 Å². The summed E-state index contributed by atoms with van der Waals surface area (Å²) in [6.07, 6.45) is 3.73. The van der Waals surface area contributed by atoms with Gasteiger partial charge in [0.15, 0.2) is 5.78 Å². The van der Waals surface area contributed by atoms with Crippen LogP contribution in [0.25, 0.3) is 5.57 Å². The molecule has 1 aromatic heterocycles. The zero-order valence-corrected chi connectivity index (χ0v) is 8.85. The summed E-state index contributed by atoms with van der Waals surface area (Å²) in [6, 6.07) is 1.97. The summed E-state index contributed by atoms with van der Waals surface area (Å²) in [5.41, 5.74) is 3.63. The normalized spacial score (nSPS) is 11.5. The number of H-pyrrole nitrogens is 1. The third-order valence-electron chi connectivity index (χ3n) is 2.21. The van der Waals surface area contributed by atoms with Crippen LogP contribution in [-0.2, 0) is 0 Å². The molecule has 0 saturated carbocycles. The van der Waals surface area contributed by atoms with Gasteiger partial charge in [0, 0.05) is 12.6 Å². The van der Waals surface area contributed by atoms with Gasteiger partial charge in [0.25, 0.3) is 0 Å². The fourth-order valence-electron chi connectivity index (χ4n) is 1.46. The number of ketones is 1. The van der Waals surface area contributed by atoms with Crippen LogP contribution < -0.4 is 0 Å². The Morgan fingerprint density at radius 1 is 1.57 bits per heavy atom. The second kappa shape index (κ2) is 4.09. The third-order valence-corrected chi connectivity index (χ3v) is 2.21. The molecule has 0 bridgehead atoms. The molecule has 1 heterocycles. The summed E-state index contributed by atoms with van der Waals surface area (Å²) < 4.78 is 0. The molecule has 2 heteroatoms.